The molecule has 27 heavy (non-hydrogen) atoms. The monoisotopic (exact) mass is 433 g/mol. The van der Waals surface area contributed by atoms with Crippen LogP contribution in [0.3, 0.4) is 0 Å². The molecule has 0 amide bonds. The van der Waals surface area contributed by atoms with Crippen molar-refractivity contribution in [3.63, 3.8) is 0 Å². The highest BCUT2D eigenvalue weighted by atomic mass is 35.5. The van der Waals surface area contributed by atoms with E-state index in [1.165, 1.54) is 6.92 Å². The molecular formula is C16H16ClNO7S2. The predicted molar refractivity (Wildman–Crippen MR) is 101 cm³/mol. The number of halogens is 1. The van der Waals surface area contributed by atoms with Crippen LogP contribution in [0.1, 0.15) is 22.2 Å². The molecule has 146 valence electrons. The van der Waals surface area contributed by atoms with Crippen LogP contribution in [-0.4, -0.2) is 42.9 Å². The molecule has 0 bridgehead atoms. The van der Waals surface area contributed by atoms with Crippen molar-refractivity contribution >= 4 is 44.9 Å². The highest BCUT2D eigenvalue weighted by Gasteiger charge is 2.24. The average Bonchev–Trinajstić information content (AvgIpc) is 2.95. The van der Waals surface area contributed by atoms with E-state index in [1.807, 2.05) is 0 Å². The normalized spacial score (nSPS) is 11.3. The highest BCUT2D eigenvalue weighted by Crippen LogP contribution is 2.45. The van der Waals surface area contributed by atoms with Gasteiger partial charge in [0.25, 0.3) is 0 Å². The van der Waals surface area contributed by atoms with Gasteiger partial charge in [-0.3, -0.25) is 0 Å². The Balaban J connectivity index is 2.28. The van der Waals surface area contributed by atoms with Crippen molar-refractivity contribution in [2.45, 2.75) is 13.5 Å². The van der Waals surface area contributed by atoms with Gasteiger partial charge in [0.05, 0.1) is 10.6 Å². The minimum Gasteiger partial charge on any atom is -0.479 e. The first-order chi connectivity index (χ1) is 12.6. The number of hydrogen-bond donors (Lipinski definition) is 3. The lowest BCUT2D eigenvalue weighted by atomic mass is 10.1. The molecule has 0 aliphatic carbocycles. The Bertz CT molecular complexity index is 952. The maximum atomic E-state index is 11.5. The van der Waals surface area contributed by atoms with Crippen molar-refractivity contribution in [2.75, 3.05) is 12.4 Å². The fourth-order valence-corrected chi connectivity index (χ4v) is 4.06. The number of aromatic carboxylic acids is 1. The zero-order valence-corrected chi connectivity index (χ0v) is 16.4. The number of rotatable bonds is 9. The standard InChI is InChI=1S/C16H16ClNO7S2/c1-2-27(23,24)18-7-9-3-5-10(6-4-9)14-12(17)13(25-8-11(19)20)15(26-14)16(21)22/h3-6,18H,2,7-8H2,1H3,(H,19,20)(H,21,22). The van der Waals surface area contributed by atoms with E-state index in [4.69, 9.17) is 21.4 Å². The molecule has 8 nitrogen and oxygen atoms in total. The summed E-state index contributed by atoms with van der Waals surface area (Å²) in [6.07, 6.45) is 0. The van der Waals surface area contributed by atoms with Crippen LogP contribution in [0.15, 0.2) is 24.3 Å². The lowest BCUT2D eigenvalue weighted by molar-refractivity contribution is -0.139. The van der Waals surface area contributed by atoms with E-state index in [0.29, 0.717) is 16.0 Å². The summed E-state index contributed by atoms with van der Waals surface area (Å²) in [6, 6.07) is 6.70. The lowest BCUT2D eigenvalue weighted by Gasteiger charge is -2.06. The largest absolute Gasteiger partial charge is 0.479 e. The number of ether oxygens (including phenoxy) is 1. The van der Waals surface area contributed by atoms with Crippen LogP contribution in [0.25, 0.3) is 10.4 Å². The van der Waals surface area contributed by atoms with Crippen molar-refractivity contribution in [2.24, 2.45) is 0 Å². The third kappa shape index (κ3) is 5.42. The number of carbonyl (C=O) groups is 2. The van der Waals surface area contributed by atoms with E-state index in [0.717, 1.165) is 11.3 Å². The second-order valence-corrected chi connectivity index (χ2v) is 8.81. The molecule has 3 N–H and O–H groups in total. The predicted octanol–water partition coefficient (Wildman–Crippen LogP) is 2.67. The zero-order valence-electron chi connectivity index (χ0n) is 14.1. The molecule has 0 aliphatic rings. The number of benzene rings is 1. The van der Waals surface area contributed by atoms with Crippen LogP contribution < -0.4 is 9.46 Å². The smallest absolute Gasteiger partial charge is 0.349 e. The minimum atomic E-state index is -3.31. The van der Waals surface area contributed by atoms with Gasteiger partial charge in [0, 0.05) is 6.54 Å². The molecule has 0 aliphatic heterocycles. The molecule has 0 unspecified atom stereocenters. The third-order valence-electron chi connectivity index (χ3n) is 3.44. The number of thiophene rings is 1. The Hall–Kier alpha value is -2.14. The van der Waals surface area contributed by atoms with Crippen molar-refractivity contribution < 1.29 is 33.0 Å². The van der Waals surface area contributed by atoms with Gasteiger partial charge in [0.1, 0.15) is 5.02 Å². The SMILES string of the molecule is CCS(=O)(=O)NCc1ccc(-c2sc(C(=O)O)c(OCC(=O)O)c2Cl)cc1. The van der Waals surface area contributed by atoms with Gasteiger partial charge in [-0.2, -0.15) is 0 Å². The highest BCUT2D eigenvalue weighted by molar-refractivity contribution is 7.89. The van der Waals surface area contributed by atoms with E-state index in [9.17, 15) is 23.1 Å². The lowest BCUT2D eigenvalue weighted by Crippen LogP contribution is -2.24. The number of carboxylic acid groups (broad SMARTS) is 2. The Morgan fingerprint density at radius 2 is 1.85 bits per heavy atom. The fraction of sp³-hybridized carbons (Fsp3) is 0.250. The zero-order chi connectivity index (χ0) is 20.2. The van der Waals surface area contributed by atoms with Crippen molar-refractivity contribution in [1.82, 2.24) is 4.72 Å². The summed E-state index contributed by atoms with van der Waals surface area (Å²) in [4.78, 5) is 22.3. The average molecular weight is 434 g/mol. The molecule has 1 aromatic carbocycles. The van der Waals surface area contributed by atoms with Crippen molar-refractivity contribution in [1.29, 1.82) is 0 Å². The molecule has 0 saturated carbocycles. The number of hydrogen-bond acceptors (Lipinski definition) is 6. The van der Waals surface area contributed by atoms with Gasteiger partial charge < -0.3 is 14.9 Å². The van der Waals surface area contributed by atoms with Crippen LogP contribution in [0.5, 0.6) is 5.75 Å². The van der Waals surface area contributed by atoms with Gasteiger partial charge in [-0.25, -0.2) is 22.7 Å². The molecule has 0 radical (unpaired) electrons. The van der Waals surface area contributed by atoms with Gasteiger partial charge in [-0.15, -0.1) is 11.3 Å². The molecule has 0 spiro atoms. The second kappa shape index (κ2) is 8.70. The topological polar surface area (TPSA) is 130 Å². The van der Waals surface area contributed by atoms with Gasteiger partial charge in [-0.05, 0) is 18.1 Å². The molecular weight excluding hydrogens is 418 g/mol. The second-order valence-electron chi connectivity index (χ2n) is 5.31. The summed E-state index contributed by atoms with van der Waals surface area (Å²) in [5.41, 5.74) is 1.31. The van der Waals surface area contributed by atoms with Crippen LogP contribution in [0, 0.1) is 0 Å². The van der Waals surface area contributed by atoms with Crippen LogP contribution in [-0.2, 0) is 21.4 Å². The Morgan fingerprint density at radius 1 is 1.22 bits per heavy atom. The molecule has 2 rings (SSSR count). The van der Waals surface area contributed by atoms with E-state index in [2.05, 4.69) is 4.72 Å². The van der Waals surface area contributed by atoms with E-state index in [-0.39, 0.29) is 27.9 Å². The quantitative estimate of drug-likeness (QED) is 0.554. The Kier molecular flexibility index (Phi) is 6.82. The molecule has 1 heterocycles. The molecule has 0 saturated heterocycles. The van der Waals surface area contributed by atoms with E-state index >= 15 is 0 Å². The van der Waals surface area contributed by atoms with Crippen molar-refractivity contribution in [3.05, 3.63) is 39.7 Å². The first-order valence-corrected chi connectivity index (χ1v) is 10.5. The maximum absolute atomic E-state index is 11.5. The molecule has 0 atom stereocenters. The molecule has 0 fully saturated rings. The summed E-state index contributed by atoms with van der Waals surface area (Å²) in [7, 11) is -3.31. The number of sulfonamides is 1. The Labute approximate surface area is 164 Å². The van der Waals surface area contributed by atoms with Crippen molar-refractivity contribution in [3.8, 4) is 16.2 Å². The summed E-state index contributed by atoms with van der Waals surface area (Å²) in [5.74, 6) is -2.74. The van der Waals surface area contributed by atoms with Gasteiger partial charge in [-0.1, -0.05) is 35.9 Å². The third-order valence-corrected chi connectivity index (χ3v) is 6.46. The fourth-order valence-electron chi connectivity index (χ4n) is 2.05. The van der Waals surface area contributed by atoms with E-state index < -0.39 is 28.6 Å². The van der Waals surface area contributed by atoms with E-state index in [1.54, 1.807) is 24.3 Å². The van der Waals surface area contributed by atoms with Gasteiger partial charge >= 0.3 is 11.9 Å². The summed E-state index contributed by atoms with van der Waals surface area (Å²) < 4.78 is 30.4. The Morgan fingerprint density at radius 3 is 2.37 bits per heavy atom. The first-order valence-electron chi connectivity index (χ1n) is 7.61. The van der Waals surface area contributed by atoms with Gasteiger partial charge in [0.15, 0.2) is 17.2 Å². The minimum absolute atomic E-state index is 0.0121. The number of carboxylic acids is 2. The summed E-state index contributed by atoms with van der Waals surface area (Å²) in [6.45, 7) is 0.947. The molecule has 11 heteroatoms. The summed E-state index contributed by atoms with van der Waals surface area (Å²) >= 11 is 7.07. The first kappa shape index (κ1) is 21.2. The molecule has 2 aromatic rings. The summed E-state index contributed by atoms with van der Waals surface area (Å²) in [5, 5.41) is 18.0. The molecule has 1 aromatic heterocycles. The maximum Gasteiger partial charge on any atom is 0.349 e. The number of aliphatic carboxylic acids is 1. The van der Waals surface area contributed by atoms with Crippen LogP contribution in [0.2, 0.25) is 5.02 Å². The van der Waals surface area contributed by atoms with Crippen LogP contribution in [0.4, 0.5) is 0 Å². The number of nitrogens with one attached hydrogen (secondary N) is 1. The van der Waals surface area contributed by atoms with Gasteiger partial charge in [0.2, 0.25) is 10.0 Å². The van der Waals surface area contributed by atoms with Crippen LogP contribution >= 0.6 is 22.9 Å².